The van der Waals surface area contributed by atoms with Crippen LogP contribution in [0, 0.1) is 5.92 Å². The molecule has 0 bridgehead atoms. The minimum atomic E-state index is 0.375. The topological polar surface area (TPSA) is 29.9 Å². The van der Waals surface area contributed by atoms with Crippen molar-refractivity contribution in [3.05, 3.63) is 18.2 Å². The number of thioether (sulfide) groups is 1. The first-order chi connectivity index (χ1) is 8.69. The number of aromatic nitrogens is 2. The first-order valence-electron chi connectivity index (χ1n) is 7.01. The molecule has 1 rings (SSSR count). The van der Waals surface area contributed by atoms with Gasteiger partial charge in [0, 0.05) is 24.7 Å². The quantitative estimate of drug-likeness (QED) is 0.746. The molecule has 104 valence electrons. The molecular weight excluding hydrogens is 242 g/mol. The molecule has 1 aromatic rings. The summed E-state index contributed by atoms with van der Waals surface area (Å²) < 4.78 is 2.28. The zero-order valence-corrected chi connectivity index (χ0v) is 13.0. The molecule has 0 aromatic carbocycles. The molecule has 0 amide bonds. The van der Waals surface area contributed by atoms with Crippen LogP contribution >= 0.6 is 11.8 Å². The fraction of sp³-hybridized carbons (Fsp3) is 0.786. The molecule has 1 aromatic heterocycles. The summed E-state index contributed by atoms with van der Waals surface area (Å²) in [4.78, 5) is 4.54. The molecule has 0 aliphatic rings. The Balaban J connectivity index is 2.61. The van der Waals surface area contributed by atoms with Crippen LogP contribution in [0.15, 0.2) is 12.4 Å². The Labute approximate surface area is 116 Å². The molecule has 0 saturated heterocycles. The SMILES string of the molecule is CCCn1ccnc1C(CSCC(C)C)NCC. The van der Waals surface area contributed by atoms with Crippen LogP contribution in [0.2, 0.25) is 0 Å². The van der Waals surface area contributed by atoms with Crippen LogP contribution in [-0.2, 0) is 6.54 Å². The predicted molar refractivity (Wildman–Crippen MR) is 81.1 cm³/mol. The fourth-order valence-corrected chi connectivity index (χ4v) is 3.06. The Morgan fingerprint density at radius 2 is 2.11 bits per heavy atom. The van der Waals surface area contributed by atoms with E-state index in [4.69, 9.17) is 0 Å². The lowest BCUT2D eigenvalue weighted by molar-refractivity contribution is 0.526. The average molecular weight is 269 g/mol. The van der Waals surface area contributed by atoms with Crippen molar-refractivity contribution in [2.75, 3.05) is 18.1 Å². The molecule has 0 aliphatic heterocycles. The van der Waals surface area contributed by atoms with E-state index in [2.05, 4.69) is 48.8 Å². The number of aryl methyl sites for hydroxylation is 1. The van der Waals surface area contributed by atoms with E-state index in [-0.39, 0.29) is 0 Å². The van der Waals surface area contributed by atoms with Gasteiger partial charge in [-0.05, 0) is 24.6 Å². The molecule has 1 heterocycles. The Morgan fingerprint density at radius 3 is 2.72 bits per heavy atom. The monoisotopic (exact) mass is 269 g/mol. The summed E-state index contributed by atoms with van der Waals surface area (Å²) in [6.45, 7) is 11.0. The number of nitrogens with zero attached hydrogens (tertiary/aromatic N) is 2. The highest BCUT2D eigenvalue weighted by atomic mass is 32.2. The third-order valence-electron chi connectivity index (χ3n) is 2.71. The van der Waals surface area contributed by atoms with E-state index in [0.717, 1.165) is 31.2 Å². The Hall–Kier alpha value is -0.480. The number of imidazole rings is 1. The summed E-state index contributed by atoms with van der Waals surface area (Å²) in [7, 11) is 0. The van der Waals surface area contributed by atoms with E-state index in [0.29, 0.717) is 6.04 Å². The van der Waals surface area contributed by atoms with E-state index in [9.17, 15) is 0 Å². The summed E-state index contributed by atoms with van der Waals surface area (Å²) >= 11 is 2.02. The molecule has 1 unspecified atom stereocenters. The van der Waals surface area contributed by atoms with Gasteiger partial charge in [-0.3, -0.25) is 0 Å². The van der Waals surface area contributed by atoms with Crippen LogP contribution in [0.5, 0.6) is 0 Å². The molecular formula is C14H27N3S. The van der Waals surface area contributed by atoms with Gasteiger partial charge in [-0.15, -0.1) is 0 Å². The van der Waals surface area contributed by atoms with Crippen LogP contribution in [0.4, 0.5) is 0 Å². The van der Waals surface area contributed by atoms with E-state index in [1.54, 1.807) is 0 Å². The zero-order chi connectivity index (χ0) is 13.4. The first-order valence-corrected chi connectivity index (χ1v) is 8.16. The Kier molecular flexibility index (Phi) is 7.44. The second-order valence-corrected chi connectivity index (χ2v) is 6.10. The van der Waals surface area contributed by atoms with Gasteiger partial charge >= 0.3 is 0 Å². The Bertz CT molecular complexity index is 323. The minimum absolute atomic E-state index is 0.375. The van der Waals surface area contributed by atoms with E-state index in [1.807, 2.05) is 18.0 Å². The van der Waals surface area contributed by atoms with E-state index >= 15 is 0 Å². The second kappa shape index (κ2) is 8.59. The molecule has 0 fully saturated rings. The molecule has 3 nitrogen and oxygen atoms in total. The lowest BCUT2D eigenvalue weighted by Crippen LogP contribution is -2.26. The molecule has 0 aliphatic carbocycles. The summed E-state index contributed by atoms with van der Waals surface area (Å²) in [6.07, 6.45) is 5.17. The van der Waals surface area contributed by atoms with Gasteiger partial charge in [0.25, 0.3) is 0 Å². The largest absolute Gasteiger partial charge is 0.334 e. The highest BCUT2D eigenvalue weighted by molar-refractivity contribution is 7.99. The van der Waals surface area contributed by atoms with Gasteiger partial charge in [0.15, 0.2) is 0 Å². The standard InChI is InChI=1S/C14H27N3S/c1-5-8-17-9-7-16-14(17)13(15-6-2)11-18-10-12(3)4/h7,9,12-13,15H,5-6,8,10-11H2,1-4H3. The minimum Gasteiger partial charge on any atom is -0.334 e. The second-order valence-electron chi connectivity index (χ2n) is 5.02. The number of hydrogen-bond donors (Lipinski definition) is 1. The van der Waals surface area contributed by atoms with Gasteiger partial charge < -0.3 is 9.88 Å². The first kappa shape index (κ1) is 15.6. The van der Waals surface area contributed by atoms with Crippen molar-refractivity contribution < 1.29 is 0 Å². The number of hydrogen-bond acceptors (Lipinski definition) is 3. The van der Waals surface area contributed by atoms with Crippen molar-refractivity contribution >= 4 is 11.8 Å². The van der Waals surface area contributed by atoms with Crippen molar-refractivity contribution in [1.82, 2.24) is 14.9 Å². The lowest BCUT2D eigenvalue weighted by atomic mass is 10.3. The Morgan fingerprint density at radius 1 is 1.33 bits per heavy atom. The molecule has 1 N–H and O–H groups in total. The average Bonchev–Trinajstić information content (AvgIpc) is 2.76. The maximum atomic E-state index is 4.54. The summed E-state index contributed by atoms with van der Waals surface area (Å²) in [5, 5.41) is 3.55. The normalized spacial score (nSPS) is 13.2. The smallest absolute Gasteiger partial charge is 0.126 e. The summed E-state index contributed by atoms with van der Waals surface area (Å²) in [5.41, 5.74) is 0. The van der Waals surface area contributed by atoms with Gasteiger partial charge in [-0.2, -0.15) is 11.8 Å². The highest BCUT2D eigenvalue weighted by Crippen LogP contribution is 2.19. The molecule has 0 saturated carbocycles. The molecule has 0 spiro atoms. The number of rotatable bonds is 9. The fourth-order valence-electron chi connectivity index (χ4n) is 1.95. The predicted octanol–water partition coefficient (Wildman–Crippen LogP) is 3.33. The lowest BCUT2D eigenvalue weighted by Gasteiger charge is -2.19. The van der Waals surface area contributed by atoms with Gasteiger partial charge in [0.05, 0.1) is 6.04 Å². The van der Waals surface area contributed by atoms with Crippen molar-refractivity contribution in [3.8, 4) is 0 Å². The van der Waals surface area contributed by atoms with Crippen molar-refractivity contribution in [1.29, 1.82) is 0 Å². The molecule has 0 radical (unpaired) electrons. The van der Waals surface area contributed by atoms with Gasteiger partial charge in [-0.25, -0.2) is 4.98 Å². The number of nitrogens with one attached hydrogen (secondary N) is 1. The van der Waals surface area contributed by atoms with E-state index in [1.165, 1.54) is 11.6 Å². The van der Waals surface area contributed by atoms with Crippen molar-refractivity contribution in [3.63, 3.8) is 0 Å². The van der Waals surface area contributed by atoms with Crippen LogP contribution in [-0.4, -0.2) is 27.6 Å². The van der Waals surface area contributed by atoms with Gasteiger partial charge in [-0.1, -0.05) is 27.7 Å². The van der Waals surface area contributed by atoms with Crippen LogP contribution in [0.1, 0.15) is 46.0 Å². The summed E-state index contributed by atoms with van der Waals surface area (Å²) in [5.74, 6) is 4.27. The van der Waals surface area contributed by atoms with Crippen LogP contribution in [0.3, 0.4) is 0 Å². The van der Waals surface area contributed by atoms with Crippen molar-refractivity contribution in [2.45, 2.75) is 46.7 Å². The van der Waals surface area contributed by atoms with Crippen molar-refractivity contribution in [2.24, 2.45) is 5.92 Å². The maximum absolute atomic E-state index is 4.54. The molecule has 4 heteroatoms. The highest BCUT2D eigenvalue weighted by Gasteiger charge is 2.15. The third-order valence-corrected chi connectivity index (χ3v) is 4.18. The van der Waals surface area contributed by atoms with E-state index < -0.39 is 0 Å². The van der Waals surface area contributed by atoms with Gasteiger partial charge in [0.2, 0.25) is 0 Å². The molecule has 1 atom stereocenters. The van der Waals surface area contributed by atoms with Gasteiger partial charge in [0.1, 0.15) is 5.82 Å². The summed E-state index contributed by atoms with van der Waals surface area (Å²) in [6, 6.07) is 0.375. The third kappa shape index (κ3) is 5.02. The zero-order valence-electron chi connectivity index (χ0n) is 12.1. The van der Waals surface area contributed by atoms with Crippen LogP contribution < -0.4 is 5.32 Å². The maximum Gasteiger partial charge on any atom is 0.126 e. The van der Waals surface area contributed by atoms with Crippen LogP contribution in [0.25, 0.3) is 0 Å². The molecule has 18 heavy (non-hydrogen) atoms.